The molecule has 1 atom stereocenters. The third-order valence-corrected chi connectivity index (χ3v) is 3.18. The molecular weight excluding hydrogens is 222 g/mol. The summed E-state index contributed by atoms with van der Waals surface area (Å²) in [7, 11) is 0. The van der Waals surface area contributed by atoms with Crippen LogP contribution in [0.1, 0.15) is 25.0 Å². The minimum atomic E-state index is -0.511. The molecule has 0 fully saturated rings. The second-order valence-corrected chi connectivity index (χ2v) is 4.50. The maximum absolute atomic E-state index is 9.50. The predicted octanol–water partition coefficient (Wildman–Crippen LogP) is 3.16. The lowest BCUT2D eigenvalue weighted by Crippen LogP contribution is -2.26. The van der Waals surface area contributed by atoms with Crippen LogP contribution < -0.4 is 4.90 Å². The molecule has 0 aromatic heterocycles. The summed E-state index contributed by atoms with van der Waals surface area (Å²) in [6.45, 7) is 3.69. The molecule has 1 aliphatic rings. The van der Waals surface area contributed by atoms with Gasteiger partial charge in [-0.2, -0.15) is 0 Å². The van der Waals surface area contributed by atoms with E-state index in [1.807, 2.05) is 18.2 Å². The van der Waals surface area contributed by atoms with Crippen molar-refractivity contribution >= 4 is 17.3 Å². The highest BCUT2D eigenvalue weighted by Crippen LogP contribution is 2.28. The Labute approximate surface area is 101 Å². The number of rotatable bonds is 2. The smallest absolute Gasteiger partial charge is 0.0776 e. The molecule has 1 aromatic rings. The van der Waals surface area contributed by atoms with Gasteiger partial charge in [0.25, 0.3) is 0 Å². The van der Waals surface area contributed by atoms with E-state index >= 15 is 0 Å². The molecule has 3 heteroatoms. The zero-order chi connectivity index (χ0) is 11.5. The monoisotopic (exact) mass is 237 g/mol. The fourth-order valence-electron chi connectivity index (χ4n) is 1.93. The van der Waals surface area contributed by atoms with E-state index < -0.39 is 6.10 Å². The van der Waals surface area contributed by atoms with Gasteiger partial charge in [-0.25, -0.2) is 0 Å². The second-order valence-electron chi connectivity index (χ2n) is 4.09. The zero-order valence-electron chi connectivity index (χ0n) is 9.36. The number of aliphatic hydroxyl groups is 1. The van der Waals surface area contributed by atoms with Crippen LogP contribution in [-0.4, -0.2) is 18.2 Å². The van der Waals surface area contributed by atoms with Crippen LogP contribution in [0.4, 0.5) is 5.69 Å². The maximum atomic E-state index is 9.50. The molecule has 0 amide bonds. The highest BCUT2D eigenvalue weighted by molar-refractivity contribution is 6.31. The highest BCUT2D eigenvalue weighted by atomic mass is 35.5. The molecule has 1 aromatic carbocycles. The van der Waals surface area contributed by atoms with Gasteiger partial charge in [0.1, 0.15) is 0 Å². The molecule has 1 N–H and O–H groups in total. The zero-order valence-corrected chi connectivity index (χ0v) is 10.1. The molecule has 0 saturated carbocycles. The van der Waals surface area contributed by atoms with E-state index in [4.69, 9.17) is 11.6 Å². The van der Waals surface area contributed by atoms with Crippen LogP contribution >= 0.6 is 11.6 Å². The van der Waals surface area contributed by atoms with Crippen molar-refractivity contribution in [3.05, 3.63) is 40.9 Å². The number of anilines is 1. The third-order valence-electron chi connectivity index (χ3n) is 2.86. The maximum Gasteiger partial charge on any atom is 0.0776 e. The van der Waals surface area contributed by atoms with E-state index in [1.165, 1.54) is 0 Å². The van der Waals surface area contributed by atoms with Gasteiger partial charge in [-0.05, 0) is 31.0 Å². The summed E-state index contributed by atoms with van der Waals surface area (Å²) in [5.41, 5.74) is 1.91. The van der Waals surface area contributed by atoms with Crippen molar-refractivity contribution in [2.75, 3.05) is 18.0 Å². The first-order valence-corrected chi connectivity index (χ1v) is 5.94. The van der Waals surface area contributed by atoms with Gasteiger partial charge in [-0.1, -0.05) is 29.8 Å². The van der Waals surface area contributed by atoms with Crippen molar-refractivity contribution in [2.45, 2.75) is 19.4 Å². The van der Waals surface area contributed by atoms with Gasteiger partial charge < -0.3 is 10.0 Å². The summed E-state index contributed by atoms with van der Waals surface area (Å²) in [4.78, 5) is 2.28. The molecule has 0 saturated heterocycles. The van der Waals surface area contributed by atoms with Gasteiger partial charge in [0.15, 0.2) is 0 Å². The number of nitrogens with zero attached hydrogens (tertiary/aromatic N) is 1. The number of halogens is 1. The molecule has 0 aliphatic carbocycles. The molecule has 1 heterocycles. The normalized spacial score (nSPS) is 17.6. The van der Waals surface area contributed by atoms with E-state index in [-0.39, 0.29) is 0 Å². The summed E-state index contributed by atoms with van der Waals surface area (Å²) in [5, 5.41) is 10.1. The average Bonchev–Trinajstić information content (AvgIpc) is 2.29. The summed E-state index contributed by atoms with van der Waals surface area (Å²) in [6, 6.07) is 5.86. The van der Waals surface area contributed by atoms with Crippen LogP contribution in [0, 0.1) is 0 Å². The molecule has 0 spiro atoms. The molecular formula is C13H16ClNO. The summed E-state index contributed by atoms with van der Waals surface area (Å²) in [5.74, 6) is 0. The summed E-state index contributed by atoms with van der Waals surface area (Å²) < 4.78 is 0. The van der Waals surface area contributed by atoms with Gasteiger partial charge in [0.2, 0.25) is 0 Å². The number of hydrogen-bond donors (Lipinski definition) is 1. The lowest BCUT2D eigenvalue weighted by atomic mass is 10.1. The highest BCUT2D eigenvalue weighted by Gasteiger charge is 2.11. The Morgan fingerprint density at radius 3 is 2.75 bits per heavy atom. The van der Waals surface area contributed by atoms with Gasteiger partial charge in [-0.15, -0.1) is 0 Å². The van der Waals surface area contributed by atoms with E-state index in [1.54, 1.807) is 6.92 Å². The van der Waals surface area contributed by atoms with Gasteiger partial charge in [-0.3, -0.25) is 0 Å². The Kier molecular flexibility index (Phi) is 3.52. The van der Waals surface area contributed by atoms with Gasteiger partial charge in [0.05, 0.1) is 6.10 Å². The standard InChI is InChI=1S/C13H16ClNO/c1-10(16)12-6-5-11(9-13(12)14)15-7-3-2-4-8-15/h2-3,5-6,9-10,16H,4,7-8H2,1H3. The molecule has 2 nitrogen and oxygen atoms in total. The van der Waals surface area contributed by atoms with Gasteiger partial charge >= 0.3 is 0 Å². The Morgan fingerprint density at radius 1 is 1.38 bits per heavy atom. The molecule has 86 valence electrons. The van der Waals surface area contributed by atoms with Gasteiger partial charge in [0, 0.05) is 23.8 Å². The van der Waals surface area contributed by atoms with Crippen LogP contribution in [0.2, 0.25) is 5.02 Å². The number of aliphatic hydroxyl groups excluding tert-OH is 1. The first kappa shape index (κ1) is 11.5. The lowest BCUT2D eigenvalue weighted by molar-refractivity contribution is 0.199. The average molecular weight is 238 g/mol. The molecule has 1 unspecified atom stereocenters. The van der Waals surface area contributed by atoms with Crippen LogP contribution in [0.5, 0.6) is 0 Å². The van der Waals surface area contributed by atoms with Crippen LogP contribution in [-0.2, 0) is 0 Å². The summed E-state index contributed by atoms with van der Waals surface area (Å²) in [6.07, 6.45) is 4.93. The fraction of sp³-hybridized carbons (Fsp3) is 0.385. The van der Waals surface area contributed by atoms with E-state index in [2.05, 4.69) is 17.1 Å². The molecule has 16 heavy (non-hydrogen) atoms. The summed E-state index contributed by atoms with van der Waals surface area (Å²) >= 11 is 6.14. The lowest BCUT2D eigenvalue weighted by Gasteiger charge is -2.26. The van der Waals surface area contributed by atoms with Crippen LogP contribution in [0.15, 0.2) is 30.4 Å². The number of hydrogen-bond acceptors (Lipinski definition) is 2. The molecule has 0 radical (unpaired) electrons. The minimum Gasteiger partial charge on any atom is -0.389 e. The van der Waals surface area contributed by atoms with Crippen molar-refractivity contribution in [3.8, 4) is 0 Å². The van der Waals surface area contributed by atoms with Crippen molar-refractivity contribution in [1.82, 2.24) is 0 Å². The molecule has 1 aliphatic heterocycles. The topological polar surface area (TPSA) is 23.5 Å². The van der Waals surface area contributed by atoms with Crippen molar-refractivity contribution in [3.63, 3.8) is 0 Å². The Morgan fingerprint density at radius 2 is 2.19 bits per heavy atom. The second kappa shape index (κ2) is 4.89. The van der Waals surface area contributed by atoms with Crippen molar-refractivity contribution in [1.29, 1.82) is 0 Å². The van der Waals surface area contributed by atoms with Crippen LogP contribution in [0.3, 0.4) is 0 Å². The third kappa shape index (κ3) is 2.39. The quantitative estimate of drug-likeness (QED) is 0.799. The van der Waals surface area contributed by atoms with Crippen LogP contribution in [0.25, 0.3) is 0 Å². The van der Waals surface area contributed by atoms with E-state index in [0.717, 1.165) is 30.8 Å². The number of benzene rings is 1. The van der Waals surface area contributed by atoms with E-state index in [9.17, 15) is 5.11 Å². The largest absolute Gasteiger partial charge is 0.389 e. The van der Waals surface area contributed by atoms with E-state index in [0.29, 0.717) is 5.02 Å². The minimum absolute atomic E-state index is 0.511. The van der Waals surface area contributed by atoms with Crippen molar-refractivity contribution < 1.29 is 5.11 Å². The molecule has 0 bridgehead atoms. The Balaban J connectivity index is 2.23. The Bertz CT molecular complexity index is 401. The first-order chi connectivity index (χ1) is 7.68. The molecule has 2 rings (SSSR count). The van der Waals surface area contributed by atoms with Crippen molar-refractivity contribution in [2.24, 2.45) is 0 Å². The SMILES string of the molecule is CC(O)c1ccc(N2CC=CCC2)cc1Cl. The Hall–Kier alpha value is -0.990. The fourth-order valence-corrected chi connectivity index (χ4v) is 2.26. The predicted molar refractivity (Wildman–Crippen MR) is 68.1 cm³/mol. The first-order valence-electron chi connectivity index (χ1n) is 5.56.